The van der Waals surface area contributed by atoms with E-state index in [2.05, 4.69) is 10.9 Å². The molecule has 1 aromatic heterocycles. The lowest BCUT2D eigenvalue weighted by Crippen LogP contribution is -2.10. The molecule has 0 saturated heterocycles. The van der Waals surface area contributed by atoms with E-state index in [9.17, 15) is 0 Å². The minimum Gasteiger partial charge on any atom is -0.322 e. The molecule has 0 saturated carbocycles. The van der Waals surface area contributed by atoms with Gasteiger partial charge in [-0.15, -0.1) is 12.3 Å². The van der Waals surface area contributed by atoms with Gasteiger partial charge in [0.2, 0.25) is 0 Å². The molecule has 0 aliphatic rings. The first-order chi connectivity index (χ1) is 5.74. The molecule has 2 heteroatoms. The maximum Gasteiger partial charge on any atom is 0.0580 e. The van der Waals surface area contributed by atoms with Crippen LogP contribution in [-0.2, 0) is 0 Å². The molecule has 2 N–H and O–H groups in total. The smallest absolute Gasteiger partial charge is 0.0580 e. The van der Waals surface area contributed by atoms with E-state index in [4.69, 9.17) is 12.2 Å². The summed E-state index contributed by atoms with van der Waals surface area (Å²) in [6, 6.07) is 3.77. The first-order valence-electron chi connectivity index (χ1n) is 3.85. The number of aromatic nitrogens is 1. The predicted octanol–water partition coefficient (Wildman–Crippen LogP) is 1.41. The Hall–Kier alpha value is -1.33. The maximum atomic E-state index is 5.75. The molecule has 62 valence electrons. The lowest BCUT2D eigenvalue weighted by molar-refractivity contribution is 0.724. The third kappa shape index (κ3) is 2.08. The van der Waals surface area contributed by atoms with E-state index in [1.165, 1.54) is 0 Å². The van der Waals surface area contributed by atoms with Crippen molar-refractivity contribution in [1.82, 2.24) is 4.98 Å². The van der Waals surface area contributed by atoms with Crippen molar-refractivity contribution in [2.75, 3.05) is 0 Å². The Labute approximate surface area is 72.8 Å². The van der Waals surface area contributed by atoms with E-state index in [-0.39, 0.29) is 6.04 Å². The summed E-state index contributed by atoms with van der Waals surface area (Å²) < 4.78 is 0. The van der Waals surface area contributed by atoms with Crippen molar-refractivity contribution >= 4 is 0 Å². The largest absolute Gasteiger partial charge is 0.322 e. The van der Waals surface area contributed by atoms with Gasteiger partial charge in [-0.25, -0.2) is 0 Å². The molecule has 0 aliphatic carbocycles. The van der Waals surface area contributed by atoms with Gasteiger partial charge in [0.1, 0.15) is 0 Å². The fourth-order valence-corrected chi connectivity index (χ4v) is 0.930. The highest BCUT2D eigenvalue weighted by Gasteiger charge is 2.03. The van der Waals surface area contributed by atoms with Gasteiger partial charge in [-0.2, -0.15) is 0 Å². The average Bonchev–Trinajstić information content (AvgIpc) is 2.06. The van der Waals surface area contributed by atoms with Crippen LogP contribution in [0.5, 0.6) is 0 Å². The Bertz CT molecular complexity index is 282. The molecule has 1 aromatic rings. The van der Waals surface area contributed by atoms with Crippen LogP contribution in [0, 0.1) is 19.3 Å². The lowest BCUT2D eigenvalue weighted by Gasteiger charge is -2.06. The fourth-order valence-electron chi connectivity index (χ4n) is 0.930. The molecule has 0 aromatic carbocycles. The van der Waals surface area contributed by atoms with Crippen LogP contribution in [0.4, 0.5) is 0 Å². The van der Waals surface area contributed by atoms with Crippen molar-refractivity contribution in [3.05, 3.63) is 29.6 Å². The Balaban J connectivity index is 2.76. The molecule has 1 rings (SSSR count). The molecule has 1 heterocycles. The summed E-state index contributed by atoms with van der Waals surface area (Å²) in [4.78, 5) is 4.18. The van der Waals surface area contributed by atoms with Gasteiger partial charge < -0.3 is 5.73 Å². The van der Waals surface area contributed by atoms with Gasteiger partial charge in [-0.3, -0.25) is 4.98 Å². The molecule has 1 unspecified atom stereocenters. The van der Waals surface area contributed by atoms with Gasteiger partial charge in [-0.1, -0.05) is 6.07 Å². The standard InChI is InChI=1S/C10H12N2/c1-3-4-9(11)10-6-5-8(2)7-12-10/h1,5-7,9H,4,11H2,2H3. The second-order valence-corrected chi connectivity index (χ2v) is 2.78. The number of hydrogen-bond acceptors (Lipinski definition) is 2. The molecular formula is C10H12N2. The van der Waals surface area contributed by atoms with Crippen LogP contribution in [0.3, 0.4) is 0 Å². The topological polar surface area (TPSA) is 38.9 Å². The number of hydrogen-bond donors (Lipinski definition) is 1. The molecule has 0 spiro atoms. The average molecular weight is 160 g/mol. The zero-order chi connectivity index (χ0) is 8.97. The van der Waals surface area contributed by atoms with E-state index in [0.29, 0.717) is 6.42 Å². The highest BCUT2D eigenvalue weighted by molar-refractivity contribution is 5.15. The highest BCUT2D eigenvalue weighted by Crippen LogP contribution is 2.10. The molecule has 2 nitrogen and oxygen atoms in total. The summed E-state index contributed by atoms with van der Waals surface area (Å²) in [5, 5.41) is 0. The van der Waals surface area contributed by atoms with Crippen molar-refractivity contribution in [3.63, 3.8) is 0 Å². The zero-order valence-corrected chi connectivity index (χ0v) is 7.12. The summed E-state index contributed by atoms with van der Waals surface area (Å²) >= 11 is 0. The number of rotatable bonds is 2. The van der Waals surface area contributed by atoms with Gasteiger partial charge in [0.25, 0.3) is 0 Å². The van der Waals surface area contributed by atoms with Crippen molar-refractivity contribution in [3.8, 4) is 12.3 Å². The van der Waals surface area contributed by atoms with Crippen molar-refractivity contribution in [1.29, 1.82) is 0 Å². The molecule has 0 bridgehead atoms. The van der Waals surface area contributed by atoms with Crippen molar-refractivity contribution in [2.45, 2.75) is 19.4 Å². The van der Waals surface area contributed by atoms with Gasteiger partial charge in [0.15, 0.2) is 0 Å². The van der Waals surface area contributed by atoms with Crippen LogP contribution in [0.15, 0.2) is 18.3 Å². The molecular weight excluding hydrogens is 148 g/mol. The molecule has 0 radical (unpaired) electrons. The van der Waals surface area contributed by atoms with E-state index >= 15 is 0 Å². The molecule has 1 atom stereocenters. The number of aryl methyl sites for hydroxylation is 1. The van der Waals surface area contributed by atoms with Crippen LogP contribution >= 0.6 is 0 Å². The van der Waals surface area contributed by atoms with Gasteiger partial charge >= 0.3 is 0 Å². The molecule has 0 aliphatic heterocycles. The maximum absolute atomic E-state index is 5.75. The number of nitrogens with zero attached hydrogens (tertiary/aromatic N) is 1. The van der Waals surface area contributed by atoms with E-state index in [1.54, 1.807) is 6.20 Å². The van der Waals surface area contributed by atoms with Crippen molar-refractivity contribution < 1.29 is 0 Å². The minimum atomic E-state index is -0.129. The Kier molecular flexibility index (Phi) is 2.84. The molecule has 0 amide bonds. The number of pyridine rings is 1. The summed E-state index contributed by atoms with van der Waals surface area (Å²) in [7, 11) is 0. The second kappa shape index (κ2) is 3.89. The molecule has 12 heavy (non-hydrogen) atoms. The first-order valence-corrected chi connectivity index (χ1v) is 3.85. The van der Waals surface area contributed by atoms with Gasteiger partial charge in [0, 0.05) is 12.6 Å². The molecule has 0 fully saturated rings. The quantitative estimate of drug-likeness (QED) is 0.664. The third-order valence-electron chi connectivity index (χ3n) is 1.65. The highest BCUT2D eigenvalue weighted by atomic mass is 14.8. The second-order valence-electron chi connectivity index (χ2n) is 2.78. The Morgan fingerprint density at radius 3 is 2.92 bits per heavy atom. The van der Waals surface area contributed by atoms with Gasteiger partial charge in [0.05, 0.1) is 11.7 Å². The SMILES string of the molecule is C#CCC(N)c1ccc(C)cn1. The summed E-state index contributed by atoms with van der Waals surface area (Å²) in [5.74, 6) is 2.52. The van der Waals surface area contributed by atoms with Crippen LogP contribution in [0.25, 0.3) is 0 Å². The van der Waals surface area contributed by atoms with Crippen LogP contribution < -0.4 is 5.73 Å². The van der Waals surface area contributed by atoms with Crippen LogP contribution in [-0.4, -0.2) is 4.98 Å². The summed E-state index contributed by atoms with van der Waals surface area (Å²) in [6.07, 6.45) is 7.47. The first kappa shape index (κ1) is 8.76. The summed E-state index contributed by atoms with van der Waals surface area (Å²) in [5.41, 5.74) is 7.74. The lowest BCUT2D eigenvalue weighted by atomic mass is 10.1. The summed E-state index contributed by atoms with van der Waals surface area (Å²) in [6.45, 7) is 1.99. The van der Waals surface area contributed by atoms with E-state index in [1.807, 2.05) is 19.1 Å². The Morgan fingerprint density at radius 1 is 1.67 bits per heavy atom. The minimum absolute atomic E-state index is 0.129. The van der Waals surface area contributed by atoms with E-state index in [0.717, 1.165) is 11.3 Å². The van der Waals surface area contributed by atoms with Crippen LogP contribution in [0.2, 0.25) is 0 Å². The normalized spacial score (nSPS) is 12.1. The van der Waals surface area contributed by atoms with Crippen LogP contribution in [0.1, 0.15) is 23.7 Å². The third-order valence-corrected chi connectivity index (χ3v) is 1.65. The van der Waals surface area contributed by atoms with E-state index < -0.39 is 0 Å². The predicted molar refractivity (Wildman–Crippen MR) is 49.4 cm³/mol. The van der Waals surface area contributed by atoms with Gasteiger partial charge in [-0.05, 0) is 18.6 Å². The fraction of sp³-hybridized carbons (Fsp3) is 0.300. The zero-order valence-electron chi connectivity index (χ0n) is 7.12. The van der Waals surface area contributed by atoms with Crippen molar-refractivity contribution in [2.24, 2.45) is 5.73 Å². The number of terminal acetylenes is 1. The monoisotopic (exact) mass is 160 g/mol. The number of nitrogens with two attached hydrogens (primary N) is 1. The Morgan fingerprint density at radius 2 is 2.42 bits per heavy atom.